The fourth-order valence-corrected chi connectivity index (χ4v) is 5.22. The van der Waals surface area contributed by atoms with E-state index < -0.39 is 41.0 Å². The van der Waals surface area contributed by atoms with Crippen LogP contribution in [0.15, 0.2) is 76.1 Å². The molecule has 44 heavy (non-hydrogen) atoms. The average Bonchev–Trinajstić information content (AvgIpc) is 2.98. The molecule has 12 heteroatoms. The van der Waals surface area contributed by atoms with Crippen molar-refractivity contribution in [1.82, 2.24) is 4.90 Å². The van der Waals surface area contributed by atoms with Gasteiger partial charge in [0.2, 0.25) is 18.0 Å². The Bertz CT molecular complexity index is 1510. The number of aliphatic imine (C=N–C) groups is 2. The molecule has 2 atom stereocenters. The third-order valence-corrected chi connectivity index (χ3v) is 8.11. The van der Waals surface area contributed by atoms with E-state index in [1.165, 1.54) is 48.8 Å². The molecular formula is C32H35F2N5O5. The molecule has 2 amide bonds. The van der Waals surface area contributed by atoms with Crippen molar-refractivity contribution in [2.24, 2.45) is 21.3 Å². The summed E-state index contributed by atoms with van der Waals surface area (Å²) < 4.78 is 40.1. The quantitative estimate of drug-likeness (QED) is 0.285. The second-order valence-corrected chi connectivity index (χ2v) is 10.8. The molecule has 2 aromatic rings. The molecular weight excluding hydrogens is 572 g/mol. The fraction of sp³-hybridized carbons (Fsp3) is 0.375. The van der Waals surface area contributed by atoms with Crippen LogP contribution in [0.3, 0.4) is 0 Å². The topological polar surface area (TPSA) is 125 Å². The number of amides is 2. The number of rotatable bonds is 12. The number of ether oxygens (including phenoxy) is 2. The van der Waals surface area contributed by atoms with Crippen LogP contribution in [0.4, 0.5) is 20.2 Å². The summed E-state index contributed by atoms with van der Waals surface area (Å²) >= 11 is 0. The number of nitrogens with zero attached hydrogens (tertiary/aromatic N) is 3. The molecule has 0 aromatic heterocycles. The van der Waals surface area contributed by atoms with Gasteiger partial charge in [-0.1, -0.05) is 20.3 Å². The zero-order valence-corrected chi connectivity index (χ0v) is 24.6. The van der Waals surface area contributed by atoms with Crippen molar-refractivity contribution in [2.75, 3.05) is 36.9 Å². The Morgan fingerprint density at radius 3 is 2.36 bits per heavy atom. The first-order valence-corrected chi connectivity index (χ1v) is 14.6. The Labute approximate surface area is 254 Å². The highest BCUT2D eigenvalue weighted by Crippen LogP contribution is 2.43. The highest BCUT2D eigenvalue weighted by Gasteiger charge is 2.51. The summed E-state index contributed by atoms with van der Waals surface area (Å²) in [4.78, 5) is 36.9. The van der Waals surface area contributed by atoms with Crippen LogP contribution < -0.4 is 15.4 Å². The van der Waals surface area contributed by atoms with Crippen LogP contribution in [-0.4, -0.2) is 66.3 Å². The Balaban J connectivity index is 1.21. The average molecular weight is 608 g/mol. The Hall–Kier alpha value is -4.58. The molecule has 232 valence electrons. The summed E-state index contributed by atoms with van der Waals surface area (Å²) in [5.41, 5.74) is -0.241. The molecule has 0 saturated heterocycles. The second kappa shape index (κ2) is 13.4. The van der Waals surface area contributed by atoms with Gasteiger partial charge in [0.05, 0.1) is 11.6 Å². The van der Waals surface area contributed by atoms with Gasteiger partial charge in [0.15, 0.2) is 23.1 Å². The lowest BCUT2D eigenvalue weighted by Crippen LogP contribution is -2.50. The molecule has 10 nitrogen and oxygen atoms in total. The smallest absolute Gasteiger partial charge is 0.240 e. The highest BCUT2D eigenvalue weighted by atomic mass is 19.1. The van der Waals surface area contributed by atoms with E-state index in [1.54, 1.807) is 6.08 Å². The van der Waals surface area contributed by atoms with Gasteiger partial charge in [0.1, 0.15) is 24.2 Å². The summed E-state index contributed by atoms with van der Waals surface area (Å²) in [5.74, 6) is -2.73. The van der Waals surface area contributed by atoms with Gasteiger partial charge in [0.25, 0.3) is 0 Å². The maximum absolute atomic E-state index is 15.2. The Morgan fingerprint density at radius 1 is 1.05 bits per heavy atom. The molecule has 1 aliphatic heterocycles. The maximum atomic E-state index is 15.2. The minimum atomic E-state index is -1.32. The van der Waals surface area contributed by atoms with E-state index in [9.17, 15) is 19.1 Å². The van der Waals surface area contributed by atoms with Gasteiger partial charge in [-0.25, -0.2) is 18.8 Å². The molecule has 5 rings (SSSR count). The molecule has 3 N–H and O–H groups in total. The number of aliphatic hydroxyl groups excluding tert-OH is 1. The van der Waals surface area contributed by atoms with Crippen molar-refractivity contribution < 1.29 is 33.0 Å². The lowest BCUT2D eigenvalue weighted by molar-refractivity contribution is -0.142. The fourth-order valence-electron chi connectivity index (χ4n) is 5.22. The second-order valence-electron chi connectivity index (χ2n) is 10.8. The number of carbonyl (C=O) groups excluding carboxylic acids is 2. The number of hydrogen-bond donors (Lipinski definition) is 3. The molecule has 2 unspecified atom stereocenters. The van der Waals surface area contributed by atoms with Gasteiger partial charge in [-0.15, -0.1) is 0 Å². The summed E-state index contributed by atoms with van der Waals surface area (Å²) in [6.45, 7) is 7.03. The first kappa shape index (κ1) is 30.9. The SMILES string of the molecule is CCN(CC)CCOC1=CC2=NC=NC(Oc3ccc(NC(=O)C4(C(=O)Nc5ccc(F)cc5)CCC4)cc3F)C2C=C1O. The van der Waals surface area contributed by atoms with Crippen molar-refractivity contribution in [2.45, 2.75) is 39.3 Å². The van der Waals surface area contributed by atoms with Gasteiger partial charge in [-0.3, -0.25) is 9.59 Å². The van der Waals surface area contributed by atoms with Crippen molar-refractivity contribution in [1.29, 1.82) is 0 Å². The number of halogens is 2. The number of likely N-dealkylation sites (N-methyl/N-ethyl adjacent to an activating group) is 1. The van der Waals surface area contributed by atoms with Gasteiger partial charge in [0, 0.05) is 30.1 Å². The van der Waals surface area contributed by atoms with Crippen LogP contribution in [0.1, 0.15) is 33.1 Å². The number of carbonyl (C=O) groups is 2. The van der Waals surface area contributed by atoms with Crippen molar-refractivity contribution >= 4 is 35.2 Å². The summed E-state index contributed by atoms with van der Waals surface area (Å²) in [7, 11) is 0. The number of benzene rings is 2. The number of anilines is 2. The van der Waals surface area contributed by atoms with Crippen molar-refractivity contribution in [3.63, 3.8) is 0 Å². The highest BCUT2D eigenvalue weighted by molar-refractivity contribution is 6.15. The van der Waals surface area contributed by atoms with E-state index in [-0.39, 0.29) is 17.2 Å². The molecule has 3 aliphatic rings. The molecule has 0 spiro atoms. The van der Waals surface area contributed by atoms with Gasteiger partial charge < -0.3 is 30.1 Å². The predicted octanol–water partition coefficient (Wildman–Crippen LogP) is 5.21. The Kier molecular flexibility index (Phi) is 9.38. The van der Waals surface area contributed by atoms with Gasteiger partial charge in [-0.05, 0) is 68.4 Å². The van der Waals surface area contributed by atoms with Crippen molar-refractivity contribution in [3.8, 4) is 5.75 Å². The molecule has 2 aliphatic carbocycles. The molecule has 0 radical (unpaired) electrons. The molecule has 1 saturated carbocycles. The summed E-state index contributed by atoms with van der Waals surface area (Å²) in [5, 5.41) is 15.9. The summed E-state index contributed by atoms with van der Waals surface area (Å²) in [6.07, 6.45) is 4.91. The molecule has 2 aromatic carbocycles. The lowest BCUT2D eigenvalue weighted by atomic mass is 9.67. The van der Waals surface area contributed by atoms with E-state index in [2.05, 4.69) is 39.4 Å². The third kappa shape index (κ3) is 6.65. The molecule has 1 fully saturated rings. The van der Waals surface area contributed by atoms with E-state index >= 15 is 4.39 Å². The lowest BCUT2D eigenvalue weighted by Gasteiger charge is -2.38. The predicted molar refractivity (Wildman–Crippen MR) is 163 cm³/mol. The number of hydrogen-bond acceptors (Lipinski definition) is 8. The zero-order valence-electron chi connectivity index (χ0n) is 24.6. The van der Waals surface area contributed by atoms with E-state index in [0.29, 0.717) is 49.6 Å². The normalized spacial score (nSPS) is 20.0. The van der Waals surface area contributed by atoms with Crippen LogP contribution >= 0.6 is 0 Å². The zero-order chi connectivity index (χ0) is 31.3. The third-order valence-electron chi connectivity index (χ3n) is 8.11. The first-order chi connectivity index (χ1) is 21.2. The minimum Gasteiger partial charge on any atom is -0.504 e. The maximum Gasteiger partial charge on any atom is 0.240 e. The van der Waals surface area contributed by atoms with Crippen LogP contribution in [-0.2, 0) is 14.3 Å². The van der Waals surface area contributed by atoms with Crippen LogP contribution in [0.25, 0.3) is 0 Å². The summed E-state index contributed by atoms with van der Waals surface area (Å²) in [6, 6.07) is 9.20. The van der Waals surface area contributed by atoms with Crippen LogP contribution in [0, 0.1) is 23.0 Å². The number of allylic oxidation sites excluding steroid dienone is 1. The van der Waals surface area contributed by atoms with Crippen LogP contribution in [0.2, 0.25) is 0 Å². The Morgan fingerprint density at radius 2 is 1.73 bits per heavy atom. The van der Waals surface area contributed by atoms with Crippen molar-refractivity contribution in [3.05, 3.63) is 77.8 Å². The monoisotopic (exact) mass is 607 g/mol. The van der Waals surface area contributed by atoms with E-state index in [1.807, 2.05) is 0 Å². The minimum absolute atomic E-state index is 0.0777. The number of nitrogens with one attached hydrogen (secondary N) is 2. The standard InChI is InChI=1S/C32H35F2N5O5/c1-3-39(4-2)14-15-43-28-18-25-23(17-26(28)40)29(36-19-35-25)44-27-11-10-22(16-24(27)34)38-31(42)32(12-5-13-32)30(41)37-21-8-6-20(33)7-9-21/h6-11,16-19,23,29,40H,3-5,12-15H2,1-2H3,(H,37,41)(H,38,42). The van der Waals surface area contributed by atoms with Gasteiger partial charge >= 0.3 is 0 Å². The van der Waals surface area contributed by atoms with Crippen LogP contribution in [0.5, 0.6) is 5.75 Å². The van der Waals surface area contributed by atoms with E-state index in [0.717, 1.165) is 19.2 Å². The van der Waals surface area contributed by atoms with E-state index in [4.69, 9.17) is 9.47 Å². The largest absolute Gasteiger partial charge is 0.504 e. The van der Waals surface area contributed by atoms with Gasteiger partial charge in [-0.2, -0.15) is 0 Å². The number of aliphatic hydroxyl groups is 1. The first-order valence-electron chi connectivity index (χ1n) is 14.6. The number of fused-ring (bicyclic) bond motifs is 1. The molecule has 0 bridgehead atoms. The molecule has 1 heterocycles.